The molecule has 0 bridgehead atoms. The Morgan fingerprint density at radius 3 is 2.50 bits per heavy atom. The van der Waals surface area contributed by atoms with Gasteiger partial charge in [0.2, 0.25) is 5.95 Å². The van der Waals surface area contributed by atoms with Crippen LogP contribution in [-0.2, 0) is 4.74 Å². The number of rotatable bonds is 6. The molecule has 196 valence electrons. The van der Waals surface area contributed by atoms with Crippen LogP contribution in [0, 0.1) is 11.3 Å². The lowest BCUT2D eigenvalue weighted by molar-refractivity contribution is -0.0660. The van der Waals surface area contributed by atoms with Crippen LogP contribution < -0.4 is 15.1 Å². The Hall–Kier alpha value is -3.78. The van der Waals surface area contributed by atoms with E-state index >= 15 is 0 Å². The summed E-state index contributed by atoms with van der Waals surface area (Å²) >= 11 is 0. The molecule has 0 saturated carbocycles. The number of anilines is 4. The smallest absolute Gasteiger partial charge is 0.230 e. The minimum Gasteiger partial charge on any atom is -0.391 e. The second kappa shape index (κ2) is 10.5. The number of piperazine rings is 1. The zero-order chi connectivity index (χ0) is 26.1. The van der Waals surface area contributed by atoms with Gasteiger partial charge in [0.05, 0.1) is 36.6 Å². The number of nitrogens with zero attached hydrogens (tertiary/aromatic N) is 7. The van der Waals surface area contributed by atoms with Crippen LogP contribution in [0.25, 0.3) is 11.4 Å². The van der Waals surface area contributed by atoms with Gasteiger partial charge in [-0.3, -0.25) is 4.90 Å². The molecule has 10 heteroatoms. The Bertz CT molecular complexity index is 1320. The van der Waals surface area contributed by atoms with Crippen molar-refractivity contribution in [3.8, 4) is 17.5 Å². The number of hydrogen-bond donors (Lipinski definition) is 2. The summed E-state index contributed by atoms with van der Waals surface area (Å²) in [4.78, 5) is 20.3. The molecule has 3 aliphatic heterocycles. The Morgan fingerprint density at radius 2 is 1.84 bits per heavy atom. The Morgan fingerprint density at radius 1 is 1.05 bits per heavy atom. The maximum absolute atomic E-state index is 10.0. The van der Waals surface area contributed by atoms with Crippen molar-refractivity contribution in [3.05, 3.63) is 54.4 Å². The third-order valence-electron chi connectivity index (χ3n) is 7.75. The molecule has 2 N–H and O–H groups in total. The van der Waals surface area contributed by atoms with E-state index < -0.39 is 0 Å². The molecule has 3 saturated heterocycles. The summed E-state index contributed by atoms with van der Waals surface area (Å²) in [5.41, 5.74) is 4.21. The van der Waals surface area contributed by atoms with E-state index in [0.29, 0.717) is 36.3 Å². The van der Waals surface area contributed by atoms with Gasteiger partial charge in [0.25, 0.3) is 0 Å². The third kappa shape index (κ3) is 5.00. The van der Waals surface area contributed by atoms with Crippen molar-refractivity contribution in [2.24, 2.45) is 0 Å². The van der Waals surface area contributed by atoms with Gasteiger partial charge in [0.15, 0.2) is 5.82 Å². The summed E-state index contributed by atoms with van der Waals surface area (Å²) < 4.78 is 5.34. The number of hydrogen-bond acceptors (Lipinski definition) is 10. The largest absolute Gasteiger partial charge is 0.391 e. The van der Waals surface area contributed by atoms with Crippen molar-refractivity contribution >= 4 is 23.0 Å². The van der Waals surface area contributed by atoms with E-state index in [2.05, 4.69) is 60.1 Å². The van der Waals surface area contributed by atoms with Gasteiger partial charge >= 0.3 is 0 Å². The number of ether oxygens (including phenoxy) is 1. The van der Waals surface area contributed by atoms with E-state index in [1.807, 2.05) is 24.3 Å². The molecule has 0 aliphatic carbocycles. The molecular weight excluding hydrogens is 480 g/mol. The molecule has 2 aromatic carbocycles. The van der Waals surface area contributed by atoms with Crippen LogP contribution in [0.4, 0.5) is 23.0 Å². The van der Waals surface area contributed by atoms with Crippen LogP contribution in [0.1, 0.15) is 18.9 Å². The molecule has 1 aromatic heterocycles. The van der Waals surface area contributed by atoms with Gasteiger partial charge in [-0.25, -0.2) is 9.97 Å². The minimum atomic E-state index is -0.375. The Labute approximate surface area is 222 Å². The standard InChI is InChI=1S/C28H32N8O2/c1-19-12-25(37)15-36(19)26-7-2-20(13-21(26)14-29)27-30-18-31-28(33-27)32-22-3-5-23(6-4-22)34-8-10-35(11-9-34)24-16-38-17-24/h2-7,13,18-19,24-25,37H,8-12,15-17H2,1H3,(H,30,31,32,33). The molecule has 0 spiro atoms. The number of aliphatic hydroxyl groups is 1. The fraction of sp³-hybridized carbons (Fsp3) is 0.429. The van der Waals surface area contributed by atoms with E-state index in [-0.39, 0.29) is 12.1 Å². The zero-order valence-corrected chi connectivity index (χ0v) is 21.5. The molecule has 38 heavy (non-hydrogen) atoms. The van der Waals surface area contributed by atoms with Gasteiger partial charge in [-0.1, -0.05) is 0 Å². The van der Waals surface area contributed by atoms with Crippen LogP contribution in [0.2, 0.25) is 0 Å². The van der Waals surface area contributed by atoms with E-state index in [0.717, 1.165) is 56.3 Å². The highest BCUT2D eigenvalue weighted by Crippen LogP contribution is 2.31. The van der Waals surface area contributed by atoms with Crippen LogP contribution in [0.15, 0.2) is 48.8 Å². The van der Waals surface area contributed by atoms with Gasteiger partial charge < -0.3 is 25.0 Å². The number of nitriles is 1. The molecular formula is C28H32N8O2. The van der Waals surface area contributed by atoms with Crippen molar-refractivity contribution in [3.63, 3.8) is 0 Å². The molecule has 3 aromatic rings. The lowest BCUT2D eigenvalue weighted by atomic mass is 10.1. The highest BCUT2D eigenvalue weighted by Gasteiger charge is 2.30. The van der Waals surface area contributed by atoms with Crippen molar-refractivity contribution in [2.45, 2.75) is 31.5 Å². The average Bonchev–Trinajstić information content (AvgIpc) is 3.26. The van der Waals surface area contributed by atoms with Gasteiger partial charge in [-0.15, -0.1) is 0 Å². The Kier molecular flexibility index (Phi) is 6.81. The fourth-order valence-electron chi connectivity index (χ4n) is 5.51. The summed E-state index contributed by atoms with van der Waals surface area (Å²) in [5, 5.41) is 23.1. The van der Waals surface area contributed by atoms with Crippen LogP contribution in [0.5, 0.6) is 0 Å². The fourth-order valence-corrected chi connectivity index (χ4v) is 5.51. The number of β-amino-alcohol motifs (C(OH)–C–C–N with tert-alkyl or cyclic N) is 1. The van der Waals surface area contributed by atoms with E-state index in [4.69, 9.17) is 4.74 Å². The summed E-state index contributed by atoms with van der Waals surface area (Å²) in [6, 6.07) is 17.0. The third-order valence-corrected chi connectivity index (χ3v) is 7.75. The number of benzene rings is 2. The van der Waals surface area contributed by atoms with Crippen molar-refractivity contribution in [1.82, 2.24) is 19.9 Å². The molecule has 3 aliphatic rings. The van der Waals surface area contributed by atoms with Crippen molar-refractivity contribution < 1.29 is 9.84 Å². The maximum Gasteiger partial charge on any atom is 0.230 e. The molecule has 3 fully saturated rings. The molecule has 10 nitrogen and oxygen atoms in total. The van der Waals surface area contributed by atoms with Crippen molar-refractivity contribution in [2.75, 3.05) is 61.1 Å². The first-order valence-electron chi connectivity index (χ1n) is 13.2. The first kappa shape index (κ1) is 24.6. The SMILES string of the molecule is CC1CC(O)CN1c1ccc(-c2ncnc(Nc3ccc(N4CCN(C5COC5)CC4)cc3)n2)cc1C#N. The number of aliphatic hydroxyl groups excluding tert-OH is 1. The predicted molar refractivity (Wildman–Crippen MR) is 146 cm³/mol. The Balaban J connectivity index is 1.12. The highest BCUT2D eigenvalue weighted by molar-refractivity contribution is 5.69. The van der Waals surface area contributed by atoms with Gasteiger partial charge in [-0.05, 0) is 55.8 Å². The molecule has 0 amide bonds. The second-order valence-corrected chi connectivity index (χ2v) is 10.3. The lowest BCUT2D eigenvalue weighted by Crippen LogP contribution is -2.56. The van der Waals surface area contributed by atoms with Crippen LogP contribution in [-0.4, -0.2) is 89.1 Å². The van der Waals surface area contributed by atoms with Crippen LogP contribution in [0.3, 0.4) is 0 Å². The van der Waals surface area contributed by atoms with Gasteiger partial charge in [0.1, 0.15) is 12.4 Å². The lowest BCUT2D eigenvalue weighted by Gasteiger charge is -2.43. The maximum atomic E-state index is 10.0. The van der Waals surface area contributed by atoms with Gasteiger partial charge in [-0.2, -0.15) is 10.2 Å². The first-order valence-corrected chi connectivity index (χ1v) is 13.2. The predicted octanol–water partition coefficient (Wildman–Crippen LogP) is 2.63. The molecule has 4 heterocycles. The second-order valence-electron chi connectivity index (χ2n) is 10.3. The van der Waals surface area contributed by atoms with Gasteiger partial charge in [0, 0.05) is 55.7 Å². The topological polar surface area (TPSA) is 114 Å². The summed E-state index contributed by atoms with van der Waals surface area (Å²) in [6.07, 6.45) is 1.80. The van der Waals surface area contributed by atoms with E-state index in [9.17, 15) is 10.4 Å². The van der Waals surface area contributed by atoms with E-state index in [1.165, 1.54) is 12.0 Å². The molecule has 2 unspecified atom stereocenters. The molecule has 0 radical (unpaired) electrons. The van der Waals surface area contributed by atoms with E-state index in [1.54, 1.807) is 6.07 Å². The highest BCUT2D eigenvalue weighted by atomic mass is 16.5. The molecule has 2 atom stereocenters. The van der Waals surface area contributed by atoms with Crippen LogP contribution >= 0.6 is 0 Å². The number of aromatic nitrogens is 3. The monoisotopic (exact) mass is 512 g/mol. The zero-order valence-electron chi connectivity index (χ0n) is 21.5. The molecule has 6 rings (SSSR count). The first-order chi connectivity index (χ1) is 18.6. The average molecular weight is 513 g/mol. The van der Waals surface area contributed by atoms with Crippen molar-refractivity contribution in [1.29, 1.82) is 5.26 Å². The normalized spacial score (nSPS) is 22.2. The number of nitrogens with one attached hydrogen (secondary N) is 1. The summed E-state index contributed by atoms with van der Waals surface area (Å²) in [5.74, 6) is 0.935. The summed E-state index contributed by atoms with van der Waals surface area (Å²) in [7, 11) is 0. The minimum absolute atomic E-state index is 0.175. The quantitative estimate of drug-likeness (QED) is 0.511. The summed E-state index contributed by atoms with van der Waals surface area (Å²) in [6.45, 7) is 8.49.